The molecule has 152 valence electrons. The van der Waals surface area contributed by atoms with Crippen LogP contribution in [0.5, 0.6) is 0 Å². The highest BCUT2D eigenvalue weighted by Crippen LogP contribution is 2.19. The van der Waals surface area contributed by atoms with Gasteiger partial charge in [-0.1, -0.05) is 0 Å². The van der Waals surface area contributed by atoms with E-state index >= 15 is 0 Å². The van der Waals surface area contributed by atoms with Crippen molar-refractivity contribution in [1.82, 2.24) is 30.0 Å². The summed E-state index contributed by atoms with van der Waals surface area (Å²) in [5.41, 5.74) is 1.69. The zero-order valence-corrected chi connectivity index (χ0v) is 17.0. The maximum Gasteiger partial charge on any atom is 0.269 e. The molecule has 3 aromatic rings. The Hall–Kier alpha value is -3.56. The summed E-state index contributed by atoms with van der Waals surface area (Å²) < 4.78 is 14.6. The Kier molecular flexibility index (Phi) is 5.71. The number of aromatic nitrogens is 5. The zero-order valence-electron chi connectivity index (χ0n) is 17.0. The van der Waals surface area contributed by atoms with E-state index in [9.17, 15) is 9.18 Å². The fraction of sp³-hybridized carbons (Fsp3) is 0.316. The quantitative estimate of drug-likeness (QED) is 0.672. The zero-order chi connectivity index (χ0) is 21.1. The van der Waals surface area contributed by atoms with Crippen LogP contribution in [0, 0.1) is 5.82 Å². The van der Waals surface area contributed by atoms with Gasteiger partial charge in [0, 0.05) is 40.8 Å². The first kappa shape index (κ1) is 20.2. The number of benzene rings is 1. The molecule has 1 aromatic carbocycles. The molecule has 10 heteroatoms. The van der Waals surface area contributed by atoms with E-state index in [1.54, 1.807) is 35.0 Å². The highest BCUT2D eigenvalue weighted by atomic mass is 19.1. The van der Waals surface area contributed by atoms with E-state index in [1.165, 1.54) is 16.8 Å². The van der Waals surface area contributed by atoms with Crippen molar-refractivity contribution in [2.45, 2.75) is 6.54 Å². The third-order valence-electron chi connectivity index (χ3n) is 4.12. The number of aryl methyl sites for hydroxylation is 1. The number of nitrogens with one attached hydrogen (secondary N) is 1. The van der Waals surface area contributed by atoms with Crippen molar-refractivity contribution in [1.29, 1.82) is 0 Å². The maximum atomic E-state index is 13.1. The fourth-order valence-corrected chi connectivity index (χ4v) is 2.57. The fourth-order valence-electron chi connectivity index (χ4n) is 2.57. The van der Waals surface area contributed by atoms with Crippen LogP contribution in [0.4, 0.5) is 16.3 Å². The molecule has 0 saturated heterocycles. The van der Waals surface area contributed by atoms with Crippen LogP contribution in [-0.2, 0) is 13.6 Å². The van der Waals surface area contributed by atoms with E-state index in [2.05, 4.69) is 25.4 Å². The molecule has 1 amide bonds. The summed E-state index contributed by atoms with van der Waals surface area (Å²) in [7, 11) is 9.03. The summed E-state index contributed by atoms with van der Waals surface area (Å²) >= 11 is 0. The summed E-state index contributed by atoms with van der Waals surface area (Å²) in [6.07, 6.45) is 0. The molecule has 0 fully saturated rings. The minimum Gasteiger partial charge on any atom is -0.347 e. The van der Waals surface area contributed by atoms with Gasteiger partial charge in [0.05, 0.1) is 12.2 Å². The van der Waals surface area contributed by atoms with E-state index < -0.39 is 0 Å². The lowest BCUT2D eigenvalue weighted by molar-refractivity contribution is 0.0940. The van der Waals surface area contributed by atoms with Gasteiger partial charge >= 0.3 is 0 Å². The molecule has 0 saturated carbocycles. The number of rotatable bonds is 6. The van der Waals surface area contributed by atoms with Crippen molar-refractivity contribution in [2.24, 2.45) is 7.05 Å². The minimum absolute atomic E-state index is 0.139. The first-order chi connectivity index (χ1) is 13.7. The lowest BCUT2D eigenvalue weighted by Gasteiger charge is -2.16. The molecule has 0 spiro atoms. The van der Waals surface area contributed by atoms with Gasteiger partial charge in [-0.05, 0) is 30.3 Å². The van der Waals surface area contributed by atoms with Crippen molar-refractivity contribution >= 4 is 17.8 Å². The number of carbonyl (C=O) groups is 1. The standard InChI is InChI=1S/C19H23FN8O/c1-26(2)18-22-16(23-19(24-18)27(3)4)11-21-17(29)15-10-14(25-28(15)5)12-6-8-13(20)9-7-12/h6-10H,11H2,1-5H3,(H,21,29). The second kappa shape index (κ2) is 8.21. The number of amides is 1. The number of hydrogen-bond acceptors (Lipinski definition) is 7. The highest BCUT2D eigenvalue weighted by molar-refractivity contribution is 5.93. The second-order valence-electron chi connectivity index (χ2n) is 6.87. The van der Waals surface area contributed by atoms with Crippen molar-refractivity contribution in [2.75, 3.05) is 38.0 Å². The molecule has 3 rings (SSSR count). The Labute approximate surface area is 168 Å². The largest absolute Gasteiger partial charge is 0.347 e. The van der Waals surface area contributed by atoms with Crippen molar-refractivity contribution in [3.63, 3.8) is 0 Å². The van der Waals surface area contributed by atoms with E-state index in [0.717, 1.165) is 5.56 Å². The summed E-state index contributed by atoms with van der Waals surface area (Å²) in [5, 5.41) is 7.15. The van der Waals surface area contributed by atoms with Gasteiger partial charge in [0.1, 0.15) is 11.5 Å². The number of anilines is 2. The van der Waals surface area contributed by atoms with E-state index in [4.69, 9.17) is 0 Å². The summed E-state index contributed by atoms with van der Waals surface area (Å²) in [6.45, 7) is 0.139. The monoisotopic (exact) mass is 398 g/mol. The first-order valence-corrected chi connectivity index (χ1v) is 8.92. The van der Waals surface area contributed by atoms with Gasteiger partial charge in [0.15, 0.2) is 5.82 Å². The molecule has 0 aliphatic carbocycles. The molecule has 0 unspecified atom stereocenters. The maximum absolute atomic E-state index is 13.1. The Balaban J connectivity index is 1.77. The average Bonchev–Trinajstić information content (AvgIpc) is 3.08. The predicted molar refractivity (Wildman–Crippen MR) is 108 cm³/mol. The van der Waals surface area contributed by atoms with Gasteiger partial charge in [0.25, 0.3) is 5.91 Å². The molecule has 0 aliphatic rings. The summed E-state index contributed by atoms with van der Waals surface area (Å²) in [5.74, 6) is 0.821. The van der Waals surface area contributed by atoms with E-state index in [-0.39, 0.29) is 18.3 Å². The molecular weight excluding hydrogens is 375 g/mol. The first-order valence-electron chi connectivity index (χ1n) is 8.92. The van der Waals surface area contributed by atoms with Crippen molar-refractivity contribution in [3.05, 3.63) is 47.7 Å². The van der Waals surface area contributed by atoms with Crippen LogP contribution in [0.15, 0.2) is 30.3 Å². The lowest BCUT2D eigenvalue weighted by atomic mass is 10.1. The number of carbonyl (C=O) groups excluding carboxylic acids is 1. The predicted octanol–water partition coefficient (Wildman–Crippen LogP) is 1.47. The van der Waals surface area contributed by atoms with Crippen molar-refractivity contribution in [3.8, 4) is 11.3 Å². The van der Waals surface area contributed by atoms with E-state index in [0.29, 0.717) is 29.1 Å². The van der Waals surface area contributed by atoms with Gasteiger partial charge in [-0.25, -0.2) is 4.39 Å². The molecule has 9 nitrogen and oxygen atoms in total. The summed E-state index contributed by atoms with van der Waals surface area (Å²) in [4.78, 5) is 29.3. The number of nitrogens with zero attached hydrogens (tertiary/aromatic N) is 7. The summed E-state index contributed by atoms with van der Waals surface area (Å²) in [6, 6.07) is 7.61. The average molecular weight is 398 g/mol. The lowest BCUT2D eigenvalue weighted by Crippen LogP contribution is -2.27. The molecule has 0 aliphatic heterocycles. The Bertz CT molecular complexity index is 987. The Morgan fingerprint density at radius 1 is 1.03 bits per heavy atom. The molecular formula is C19H23FN8O. The van der Waals surface area contributed by atoms with Gasteiger partial charge in [-0.3, -0.25) is 9.48 Å². The van der Waals surface area contributed by atoms with Crippen LogP contribution in [0.3, 0.4) is 0 Å². The topological polar surface area (TPSA) is 92.1 Å². The molecule has 29 heavy (non-hydrogen) atoms. The molecule has 2 heterocycles. The van der Waals surface area contributed by atoms with Crippen LogP contribution < -0.4 is 15.1 Å². The third-order valence-corrected chi connectivity index (χ3v) is 4.12. The van der Waals surface area contributed by atoms with Gasteiger partial charge < -0.3 is 15.1 Å². The molecule has 0 atom stereocenters. The smallest absolute Gasteiger partial charge is 0.269 e. The highest BCUT2D eigenvalue weighted by Gasteiger charge is 2.16. The van der Waals surface area contributed by atoms with Crippen molar-refractivity contribution < 1.29 is 9.18 Å². The Morgan fingerprint density at radius 3 is 2.17 bits per heavy atom. The van der Waals surface area contributed by atoms with Gasteiger partial charge in [0.2, 0.25) is 11.9 Å². The normalized spacial score (nSPS) is 10.7. The van der Waals surface area contributed by atoms with Gasteiger partial charge in [-0.15, -0.1) is 0 Å². The van der Waals surface area contributed by atoms with E-state index in [1.807, 2.05) is 28.2 Å². The second-order valence-corrected chi connectivity index (χ2v) is 6.87. The molecule has 2 aromatic heterocycles. The third kappa shape index (κ3) is 4.65. The molecule has 0 bridgehead atoms. The SMILES string of the molecule is CN(C)c1nc(CNC(=O)c2cc(-c3ccc(F)cc3)nn2C)nc(N(C)C)n1. The van der Waals surface area contributed by atoms with Crippen LogP contribution in [0.1, 0.15) is 16.3 Å². The minimum atomic E-state index is -0.325. The van der Waals surface area contributed by atoms with Crippen LogP contribution >= 0.6 is 0 Å². The number of hydrogen-bond donors (Lipinski definition) is 1. The van der Waals surface area contributed by atoms with Gasteiger partial charge in [-0.2, -0.15) is 20.1 Å². The molecule has 1 N–H and O–H groups in total. The van der Waals surface area contributed by atoms with Crippen LogP contribution in [0.2, 0.25) is 0 Å². The number of halogens is 1. The Morgan fingerprint density at radius 2 is 1.62 bits per heavy atom. The van der Waals surface area contributed by atoms with Crippen LogP contribution in [0.25, 0.3) is 11.3 Å². The molecule has 0 radical (unpaired) electrons. The van der Waals surface area contributed by atoms with Crippen LogP contribution in [-0.4, -0.2) is 58.8 Å².